The van der Waals surface area contributed by atoms with Crippen LogP contribution < -0.4 is 0 Å². The van der Waals surface area contributed by atoms with Gasteiger partial charge in [0.25, 0.3) is 5.91 Å². The van der Waals surface area contributed by atoms with Gasteiger partial charge in [-0.15, -0.1) is 0 Å². The Morgan fingerprint density at radius 3 is 3.00 bits per heavy atom. The number of hydrogen-bond donors (Lipinski definition) is 0. The third kappa shape index (κ3) is 1.67. The molecule has 0 N–H and O–H groups in total. The fourth-order valence-corrected chi connectivity index (χ4v) is 3.19. The van der Waals surface area contributed by atoms with E-state index in [1.807, 2.05) is 34.9 Å². The maximum Gasteiger partial charge on any atom is 0.255 e. The second-order valence-electron chi connectivity index (χ2n) is 4.49. The lowest BCUT2D eigenvalue weighted by Gasteiger charge is -2.24. The Morgan fingerprint density at radius 1 is 1.35 bits per heavy atom. The molecule has 2 aliphatic rings. The largest absolute Gasteiger partial charge is 0.317 e. The minimum Gasteiger partial charge on any atom is -0.317 e. The van der Waals surface area contributed by atoms with Crippen molar-refractivity contribution in [2.24, 2.45) is 0 Å². The van der Waals surface area contributed by atoms with Gasteiger partial charge in [-0.3, -0.25) is 9.69 Å². The number of thioether (sulfide) groups is 1. The summed E-state index contributed by atoms with van der Waals surface area (Å²) in [4.78, 5) is 16.6. The van der Waals surface area contributed by atoms with E-state index in [9.17, 15) is 4.79 Å². The lowest BCUT2D eigenvalue weighted by molar-refractivity contribution is 0.0707. The number of fused-ring (bicyclic) bond motifs is 3. The quantitative estimate of drug-likeness (QED) is 0.815. The maximum atomic E-state index is 12.2. The number of nitrogens with zero attached hydrogens (tertiary/aromatic N) is 2. The highest BCUT2D eigenvalue weighted by Gasteiger charge is 2.43. The van der Waals surface area contributed by atoms with Crippen LogP contribution in [0.15, 0.2) is 24.3 Å². The van der Waals surface area contributed by atoms with Gasteiger partial charge in [-0.25, -0.2) is 0 Å². The van der Waals surface area contributed by atoms with E-state index >= 15 is 0 Å². The van der Waals surface area contributed by atoms with E-state index in [1.54, 1.807) is 0 Å². The summed E-state index contributed by atoms with van der Waals surface area (Å²) in [5, 5.41) is 0. The summed E-state index contributed by atoms with van der Waals surface area (Å²) in [5.41, 5.74) is 2.09. The zero-order valence-corrected chi connectivity index (χ0v) is 10.7. The van der Waals surface area contributed by atoms with Gasteiger partial charge in [-0.05, 0) is 12.3 Å². The Balaban J connectivity index is 1.91. The summed E-state index contributed by atoms with van der Waals surface area (Å²) in [5.74, 6) is 1.33. The smallest absolute Gasteiger partial charge is 0.255 e. The molecule has 1 amide bonds. The lowest BCUT2D eigenvalue weighted by Crippen LogP contribution is -2.29. The van der Waals surface area contributed by atoms with Crippen molar-refractivity contribution in [1.82, 2.24) is 9.80 Å². The average molecular weight is 248 g/mol. The molecule has 1 atom stereocenters. The van der Waals surface area contributed by atoms with E-state index in [0.717, 1.165) is 31.0 Å². The maximum absolute atomic E-state index is 12.2. The van der Waals surface area contributed by atoms with Crippen LogP contribution in [0.1, 0.15) is 22.1 Å². The highest BCUT2D eigenvalue weighted by atomic mass is 32.2. The molecule has 17 heavy (non-hydrogen) atoms. The van der Waals surface area contributed by atoms with Crippen LogP contribution >= 0.6 is 11.8 Å². The summed E-state index contributed by atoms with van der Waals surface area (Å²) >= 11 is 1.86. The van der Waals surface area contributed by atoms with Crippen molar-refractivity contribution < 1.29 is 4.79 Å². The van der Waals surface area contributed by atoms with Gasteiger partial charge in [0.1, 0.15) is 6.17 Å². The molecule has 2 aliphatic heterocycles. The number of benzene rings is 1. The monoisotopic (exact) mass is 248 g/mol. The molecule has 0 aliphatic carbocycles. The summed E-state index contributed by atoms with van der Waals surface area (Å²) in [6.45, 7) is 2.93. The Bertz CT molecular complexity index is 449. The second-order valence-corrected chi connectivity index (χ2v) is 5.47. The molecule has 0 radical (unpaired) electrons. The van der Waals surface area contributed by atoms with E-state index in [-0.39, 0.29) is 12.1 Å². The van der Waals surface area contributed by atoms with Crippen LogP contribution in [-0.2, 0) is 0 Å². The molecule has 3 nitrogen and oxygen atoms in total. The summed E-state index contributed by atoms with van der Waals surface area (Å²) in [6, 6.07) is 8.02. The molecule has 2 heterocycles. The van der Waals surface area contributed by atoms with Crippen LogP contribution in [0.3, 0.4) is 0 Å². The normalized spacial score (nSPS) is 23.0. The number of hydrogen-bond acceptors (Lipinski definition) is 3. The van der Waals surface area contributed by atoms with Gasteiger partial charge in [0, 0.05) is 36.5 Å². The first-order valence-electron chi connectivity index (χ1n) is 5.96. The second kappa shape index (κ2) is 4.35. The molecule has 1 aromatic rings. The zero-order valence-electron chi connectivity index (χ0n) is 9.93. The van der Waals surface area contributed by atoms with Gasteiger partial charge in [0.15, 0.2) is 0 Å². The molecule has 1 fully saturated rings. The zero-order chi connectivity index (χ0) is 11.8. The molecule has 3 rings (SSSR count). The Morgan fingerprint density at radius 2 is 2.18 bits per heavy atom. The Labute approximate surface area is 106 Å². The molecular formula is C13H16N2OS. The first kappa shape index (κ1) is 11.1. The van der Waals surface area contributed by atoms with Crippen molar-refractivity contribution in [3.05, 3.63) is 35.4 Å². The molecule has 0 bridgehead atoms. The Hall–Kier alpha value is -1.00. The number of amides is 1. The standard InChI is InChI=1S/C13H16N2OS/c1-17-9-8-14-6-7-15-12(14)10-4-2-3-5-11(10)13(15)16/h2-5,12H,6-9H2,1H3. The van der Waals surface area contributed by atoms with Crippen molar-refractivity contribution in [2.45, 2.75) is 6.17 Å². The Kier molecular flexibility index (Phi) is 2.84. The SMILES string of the molecule is CSCCN1CCN2C(=O)c3ccccc3C12. The first-order chi connectivity index (χ1) is 8.33. The van der Waals surface area contributed by atoms with Crippen molar-refractivity contribution in [2.75, 3.05) is 31.6 Å². The highest BCUT2D eigenvalue weighted by Crippen LogP contribution is 2.39. The van der Waals surface area contributed by atoms with Gasteiger partial charge < -0.3 is 4.90 Å². The third-order valence-electron chi connectivity index (χ3n) is 3.58. The molecule has 1 saturated heterocycles. The fourth-order valence-electron chi connectivity index (χ4n) is 2.77. The van der Waals surface area contributed by atoms with Crippen LogP contribution in [-0.4, -0.2) is 47.3 Å². The van der Waals surface area contributed by atoms with Gasteiger partial charge in [0.05, 0.1) is 0 Å². The highest BCUT2D eigenvalue weighted by molar-refractivity contribution is 7.98. The number of rotatable bonds is 3. The van der Waals surface area contributed by atoms with Crippen molar-refractivity contribution >= 4 is 17.7 Å². The van der Waals surface area contributed by atoms with Crippen LogP contribution in [0.2, 0.25) is 0 Å². The topological polar surface area (TPSA) is 23.6 Å². The molecule has 0 spiro atoms. The van der Waals surface area contributed by atoms with E-state index in [2.05, 4.69) is 17.2 Å². The molecular weight excluding hydrogens is 232 g/mol. The van der Waals surface area contributed by atoms with Gasteiger partial charge in [-0.1, -0.05) is 18.2 Å². The predicted octanol–water partition coefficient (Wildman–Crippen LogP) is 1.82. The summed E-state index contributed by atoms with van der Waals surface area (Å²) in [7, 11) is 0. The lowest BCUT2D eigenvalue weighted by atomic mass is 10.1. The summed E-state index contributed by atoms with van der Waals surface area (Å²) < 4.78 is 0. The van der Waals surface area contributed by atoms with Crippen molar-refractivity contribution in [1.29, 1.82) is 0 Å². The van der Waals surface area contributed by atoms with E-state index in [0.29, 0.717) is 0 Å². The molecule has 1 aromatic carbocycles. The van der Waals surface area contributed by atoms with Gasteiger partial charge >= 0.3 is 0 Å². The van der Waals surface area contributed by atoms with Crippen molar-refractivity contribution in [3.63, 3.8) is 0 Å². The fraction of sp³-hybridized carbons (Fsp3) is 0.462. The summed E-state index contributed by atoms with van der Waals surface area (Å²) in [6.07, 6.45) is 2.33. The van der Waals surface area contributed by atoms with Gasteiger partial charge in [-0.2, -0.15) is 11.8 Å². The predicted molar refractivity (Wildman–Crippen MR) is 70.2 cm³/mol. The minimum atomic E-state index is 0.200. The molecule has 4 heteroatoms. The first-order valence-corrected chi connectivity index (χ1v) is 7.35. The van der Waals surface area contributed by atoms with Gasteiger partial charge in [0.2, 0.25) is 0 Å². The number of carbonyl (C=O) groups excluding carboxylic acids is 1. The van der Waals surface area contributed by atoms with Crippen LogP contribution in [0.25, 0.3) is 0 Å². The van der Waals surface area contributed by atoms with Crippen LogP contribution in [0.5, 0.6) is 0 Å². The van der Waals surface area contributed by atoms with E-state index in [1.165, 1.54) is 5.56 Å². The van der Waals surface area contributed by atoms with E-state index < -0.39 is 0 Å². The minimum absolute atomic E-state index is 0.200. The molecule has 90 valence electrons. The van der Waals surface area contributed by atoms with Crippen LogP contribution in [0, 0.1) is 0 Å². The average Bonchev–Trinajstić information content (AvgIpc) is 2.89. The molecule has 0 saturated carbocycles. The van der Waals surface area contributed by atoms with Crippen LogP contribution in [0.4, 0.5) is 0 Å². The third-order valence-corrected chi connectivity index (χ3v) is 4.17. The molecule has 1 unspecified atom stereocenters. The van der Waals surface area contributed by atoms with Crippen molar-refractivity contribution in [3.8, 4) is 0 Å². The van der Waals surface area contributed by atoms with E-state index in [4.69, 9.17) is 0 Å². The molecule has 0 aromatic heterocycles. The number of carbonyl (C=O) groups is 1.